The van der Waals surface area contributed by atoms with Gasteiger partial charge in [0.1, 0.15) is 4.99 Å². The zero-order valence-corrected chi connectivity index (χ0v) is 19.6. The van der Waals surface area contributed by atoms with Crippen LogP contribution in [0.25, 0.3) is 33.5 Å². The van der Waals surface area contributed by atoms with Crippen molar-refractivity contribution in [1.82, 2.24) is 24.3 Å². The maximum atomic E-state index is 11.0. The lowest BCUT2D eigenvalue weighted by atomic mass is 10.0. The summed E-state index contributed by atoms with van der Waals surface area (Å²) in [5.41, 5.74) is 5.19. The first-order chi connectivity index (χ1) is 16.0. The summed E-state index contributed by atoms with van der Waals surface area (Å²) in [4.78, 5) is 18.9. The van der Waals surface area contributed by atoms with Gasteiger partial charge in [-0.25, -0.2) is 9.78 Å². The van der Waals surface area contributed by atoms with E-state index in [0.29, 0.717) is 6.54 Å². The van der Waals surface area contributed by atoms with Gasteiger partial charge >= 0.3 is 6.09 Å². The van der Waals surface area contributed by atoms with Crippen molar-refractivity contribution in [2.45, 2.75) is 32.4 Å². The Morgan fingerprint density at radius 1 is 1.21 bits per heavy atom. The van der Waals surface area contributed by atoms with Crippen molar-refractivity contribution in [1.29, 1.82) is 0 Å². The minimum absolute atomic E-state index is 0.102. The first kappa shape index (κ1) is 21.5. The van der Waals surface area contributed by atoms with Crippen LogP contribution in [0.5, 0.6) is 0 Å². The molecule has 0 unspecified atom stereocenters. The zero-order valence-electron chi connectivity index (χ0n) is 18.8. The molecule has 1 aliphatic heterocycles. The van der Waals surface area contributed by atoms with Crippen LogP contribution < -0.4 is 5.32 Å². The van der Waals surface area contributed by atoms with Gasteiger partial charge in [-0.15, -0.1) is 0 Å². The monoisotopic (exact) mass is 461 g/mol. The van der Waals surface area contributed by atoms with E-state index in [0.717, 1.165) is 59.0 Å². The predicted octanol–water partition coefficient (Wildman–Crippen LogP) is 4.62. The molecule has 1 aliphatic rings. The highest BCUT2D eigenvalue weighted by molar-refractivity contribution is 7.80. The Balaban J connectivity index is 1.49. The van der Waals surface area contributed by atoms with Gasteiger partial charge in [0.05, 0.1) is 16.7 Å². The summed E-state index contributed by atoms with van der Waals surface area (Å²) in [5, 5.41) is 12.9. The summed E-state index contributed by atoms with van der Waals surface area (Å²) in [7, 11) is 2.05. The Bertz CT molecular complexity index is 1370. The minimum atomic E-state index is -0.986. The van der Waals surface area contributed by atoms with E-state index in [9.17, 15) is 4.79 Å². The van der Waals surface area contributed by atoms with Crippen molar-refractivity contribution in [3.63, 3.8) is 0 Å². The molecule has 1 fully saturated rings. The van der Waals surface area contributed by atoms with Crippen LogP contribution in [0.2, 0.25) is 0 Å². The number of aryl methyl sites for hydroxylation is 2. The fourth-order valence-electron chi connectivity index (χ4n) is 4.93. The number of para-hydroxylation sites is 1. The SMILES string of the molecule is CCn1c(-c2nc3cc(C(=S)N4CCC[C@@H](NC(=O)O)C4)ccc3n2C)cc2ccccc21. The number of piperidine rings is 1. The second-order valence-corrected chi connectivity index (χ2v) is 8.96. The summed E-state index contributed by atoms with van der Waals surface area (Å²) in [6, 6.07) is 16.7. The molecule has 7 nitrogen and oxygen atoms in total. The number of thiocarbonyl (C=S) groups is 1. The third-order valence-corrected chi connectivity index (χ3v) is 7.01. The third-order valence-electron chi connectivity index (χ3n) is 6.52. The van der Waals surface area contributed by atoms with Crippen molar-refractivity contribution in [3.8, 4) is 11.5 Å². The van der Waals surface area contributed by atoms with Crippen molar-refractivity contribution in [2.24, 2.45) is 7.05 Å². The van der Waals surface area contributed by atoms with Gasteiger partial charge < -0.3 is 24.5 Å². The number of hydrogen-bond donors (Lipinski definition) is 2. The Kier molecular flexibility index (Phi) is 5.54. The molecule has 2 aromatic heterocycles. The van der Waals surface area contributed by atoms with Gasteiger partial charge in [0.15, 0.2) is 5.82 Å². The molecule has 8 heteroatoms. The van der Waals surface area contributed by atoms with Crippen molar-refractivity contribution in [3.05, 3.63) is 54.1 Å². The molecule has 0 saturated carbocycles. The highest BCUT2D eigenvalue weighted by Crippen LogP contribution is 2.30. The highest BCUT2D eigenvalue weighted by atomic mass is 32.1. The van der Waals surface area contributed by atoms with Gasteiger partial charge in [0, 0.05) is 49.2 Å². The number of amides is 1. The Hall–Kier alpha value is -3.39. The van der Waals surface area contributed by atoms with E-state index >= 15 is 0 Å². The fourth-order valence-corrected chi connectivity index (χ4v) is 5.23. The van der Waals surface area contributed by atoms with Crippen LogP contribution in [0.15, 0.2) is 48.5 Å². The zero-order chi connectivity index (χ0) is 23.1. The van der Waals surface area contributed by atoms with Gasteiger partial charge in [-0.05, 0) is 50.1 Å². The molecule has 2 aromatic carbocycles. The second-order valence-electron chi connectivity index (χ2n) is 8.57. The molecule has 4 aromatic rings. The lowest BCUT2D eigenvalue weighted by molar-refractivity contribution is 0.181. The number of carboxylic acid groups (broad SMARTS) is 1. The van der Waals surface area contributed by atoms with E-state index in [2.05, 4.69) is 62.7 Å². The molecule has 1 atom stereocenters. The fraction of sp³-hybridized carbons (Fsp3) is 0.320. The van der Waals surface area contributed by atoms with Crippen LogP contribution in [0.4, 0.5) is 4.79 Å². The summed E-state index contributed by atoms with van der Waals surface area (Å²) in [6.07, 6.45) is 0.752. The van der Waals surface area contributed by atoms with Gasteiger partial charge in [0.25, 0.3) is 0 Å². The van der Waals surface area contributed by atoms with E-state index in [1.54, 1.807) is 0 Å². The molecule has 3 heterocycles. The van der Waals surface area contributed by atoms with Crippen LogP contribution in [-0.4, -0.2) is 54.3 Å². The largest absolute Gasteiger partial charge is 0.465 e. The van der Waals surface area contributed by atoms with E-state index in [4.69, 9.17) is 22.3 Å². The molecule has 0 aliphatic carbocycles. The number of fused-ring (bicyclic) bond motifs is 2. The normalized spacial score (nSPS) is 16.4. The number of aromatic nitrogens is 3. The van der Waals surface area contributed by atoms with E-state index < -0.39 is 6.09 Å². The molecular formula is C25H27N5O2S. The van der Waals surface area contributed by atoms with Crippen LogP contribution >= 0.6 is 12.2 Å². The van der Waals surface area contributed by atoms with Crippen molar-refractivity contribution >= 4 is 45.2 Å². The smallest absolute Gasteiger partial charge is 0.404 e. The predicted molar refractivity (Wildman–Crippen MR) is 135 cm³/mol. The quantitative estimate of drug-likeness (QED) is 0.434. The maximum Gasteiger partial charge on any atom is 0.404 e. The molecule has 1 saturated heterocycles. The molecule has 0 spiro atoms. The van der Waals surface area contributed by atoms with Crippen LogP contribution in [0, 0.1) is 0 Å². The first-order valence-corrected chi connectivity index (χ1v) is 11.7. The number of rotatable bonds is 4. The molecule has 170 valence electrons. The number of nitrogens with one attached hydrogen (secondary N) is 1. The number of imidazole rings is 1. The lowest BCUT2D eigenvalue weighted by Crippen LogP contribution is -2.49. The van der Waals surface area contributed by atoms with E-state index in [1.807, 2.05) is 19.2 Å². The van der Waals surface area contributed by atoms with Gasteiger partial charge in [0.2, 0.25) is 0 Å². The average Bonchev–Trinajstić information content (AvgIpc) is 3.35. The van der Waals surface area contributed by atoms with Gasteiger partial charge in [-0.1, -0.05) is 30.4 Å². The average molecular weight is 462 g/mol. The van der Waals surface area contributed by atoms with Gasteiger partial charge in [-0.2, -0.15) is 0 Å². The van der Waals surface area contributed by atoms with Crippen LogP contribution in [0.1, 0.15) is 25.3 Å². The van der Waals surface area contributed by atoms with E-state index in [1.165, 1.54) is 10.9 Å². The van der Waals surface area contributed by atoms with Gasteiger partial charge in [-0.3, -0.25) is 0 Å². The van der Waals surface area contributed by atoms with Crippen LogP contribution in [0.3, 0.4) is 0 Å². The first-order valence-electron chi connectivity index (χ1n) is 11.3. The maximum absolute atomic E-state index is 11.0. The molecule has 0 radical (unpaired) electrons. The Morgan fingerprint density at radius 2 is 2.03 bits per heavy atom. The van der Waals surface area contributed by atoms with Crippen molar-refractivity contribution < 1.29 is 9.90 Å². The second kappa shape index (κ2) is 8.51. The summed E-state index contributed by atoms with van der Waals surface area (Å²) in [6.45, 7) is 4.44. The lowest BCUT2D eigenvalue weighted by Gasteiger charge is -2.34. The molecular weight excluding hydrogens is 434 g/mol. The number of carbonyl (C=O) groups is 1. The third kappa shape index (κ3) is 3.84. The minimum Gasteiger partial charge on any atom is -0.465 e. The van der Waals surface area contributed by atoms with Crippen molar-refractivity contribution in [2.75, 3.05) is 13.1 Å². The molecule has 1 amide bonds. The molecule has 33 heavy (non-hydrogen) atoms. The number of nitrogens with zero attached hydrogens (tertiary/aromatic N) is 4. The van der Waals surface area contributed by atoms with Crippen LogP contribution in [-0.2, 0) is 13.6 Å². The number of benzene rings is 2. The molecule has 5 rings (SSSR count). The highest BCUT2D eigenvalue weighted by Gasteiger charge is 2.24. The molecule has 0 bridgehead atoms. The Labute approximate surface area is 197 Å². The van der Waals surface area contributed by atoms with E-state index in [-0.39, 0.29) is 6.04 Å². The standard InChI is InChI=1S/C25H27N5O2S/c1-3-30-20-9-5-4-7-16(20)14-22(30)23-27-19-13-17(10-11-21(19)28(23)2)24(33)29-12-6-8-18(15-29)26-25(31)32/h4-5,7,9-11,13-14,18,26H,3,6,8,12,15H2,1-2H3,(H,31,32)/t18-/m1/s1. The summed E-state index contributed by atoms with van der Waals surface area (Å²) >= 11 is 5.80. The Morgan fingerprint density at radius 3 is 2.82 bits per heavy atom. The number of hydrogen-bond acceptors (Lipinski definition) is 3. The number of likely N-dealkylation sites (tertiary alicyclic amines) is 1. The summed E-state index contributed by atoms with van der Waals surface area (Å²) < 4.78 is 4.43. The topological polar surface area (TPSA) is 75.3 Å². The summed E-state index contributed by atoms with van der Waals surface area (Å²) in [5.74, 6) is 0.926. The molecule has 2 N–H and O–H groups in total.